The number of hydrogen-bond donors (Lipinski definition) is 1. The lowest BCUT2D eigenvalue weighted by atomic mass is 10.1. The van der Waals surface area contributed by atoms with Gasteiger partial charge in [-0.2, -0.15) is 0 Å². The van der Waals surface area contributed by atoms with Crippen LogP contribution in [0, 0.1) is 0 Å². The van der Waals surface area contributed by atoms with E-state index in [1.165, 1.54) is 4.57 Å². The van der Waals surface area contributed by atoms with Gasteiger partial charge in [0.2, 0.25) is 0 Å². The number of carbonyl (C=O) groups excluding carboxylic acids is 1. The van der Waals surface area contributed by atoms with E-state index in [4.69, 9.17) is 16.7 Å². The van der Waals surface area contributed by atoms with Crippen molar-refractivity contribution in [2.45, 2.75) is 0 Å². The van der Waals surface area contributed by atoms with Crippen LogP contribution in [0.25, 0.3) is 10.9 Å². The predicted molar refractivity (Wildman–Crippen MR) is 60.3 cm³/mol. The molecule has 2 rings (SSSR count). The molecule has 4 nitrogen and oxygen atoms in total. The molecule has 0 radical (unpaired) electrons. The molecule has 0 bridgehead atoms. The fourth-order valence-corrected chi connectivity index (χ4v) is 1.98. The van der Waals surface area contributed by atoms with Crippen LogP contribution in [0.4, 0.5) is 0 Å². The molecule has 5 heteroatoms. The normalized spacial score (nSPS) is 10.6. The number of carboxylic acid groups (broad SMARTS) is 1. The van der Waals surface area contributed by atoms with Gasteiger partial charge < -0.3 is 9.67 Å². The van der Waals surface area contributed by atoms with Gasteiger partial charge in [-0.3, -0.25) is 4.79 Å². The molecule has 0 aliphatic heterocycles. The van der Waals surface area contributed by atoms with E-state index in [2.05, 4.69) is 0 Å². The number of halogens is 1. The van der Waals surface area contributed by atoms with Gasteiger partial charge in [-0.05, 0) is 12.1 Å². The minimum atomic E-state index is -1.13. The Hall–Kier alpha value is -1.81. The number of aromatic carboxylic acids is 1. The lowest BCUT2D eigenvalue weighted by Gasteiger charge is -1.99. The quantitative estimate of drug-likeness (QED) is 0.816. The zero-order chi connectivity index (χ0) is 11.9. The van der Waals surface area contributed by atoms with Crippen molar-refractivity contribution in [2.24, 2.45) is 7.05 Å². The zero-order valence-corrected chi connectivity index (χ0v) is 9.15. The Morgan fingerprint density at radius 3 is 2.75 bits per heavy atom. The second-order valence-electron chi connectivity index (χ2n) is 3.41. The number of aldehydes is 1. The summed E-state index contributed by atoms with van der Waals surface area (Å²) in [6.07, 6.45) is 0.555. The Balaban J connectivity index is 2.96. The van der Waals surface area contributed by atoms with E-state index in [1.54, 1.807) is 25.2 Å². The molecule has 0 saturated heterocycles. The number of rotatable bonds is 2. The highest BCUT2D eigenvalue weighted by Gasteiger charge is 2.19. The Labute approximate surface area is 96.0 Å². The topological polar surface area (TPSA) is 59.3 Å². The molecule has 0 fully saturated rings. The second kappa shape index (κ2) is 3.64. The van der Waals surface area contributed by atoms with Gasteiger partial charge in [-0.1, -0.05) is 17.7 Å². The molecular weight excluding hydrogens is 230 g/mol. The van der Waals surface area contributed by atoms with Crippen molar-refractivity contribution in [2.75, 3.05) is 0 Å². The highest BCUT2D eigenvalue weighted by molar-refractivity contribution is 6.31. The van der Waals surface area contributed by atoms with Crippen molar-refractivity contribution in [3.8, 4) is 0 Å². The molecule has 0 saturated carbocycles. The van der Waals surface area contributed by atoms with Gasteiger partial charge in [0, 0.05) is 17.5 Å². The standard InChI is InChI=1S/C11H8ClNO3/c1-13-9-4-6(12)2-3-7(9)8(5-14)10(13)11(15)16/h2-5H,1H3,(H,15,16). The number of aromatic nitrogens is 1. The third kappa shape index (κ3) is 1.39. The smallest absolute Gasteiger partial charge is 0.353 e. The SMILES string of the molecule is Cn1c(C(=O)O)c(C=O)c2ccc(Cl)cc21. The van der Waals surface area contributed by atoms with Crippen molar-refractivity contribution < 1.29 is 14.7 Å². The first-order valence-corrected chi connectivity index (χ1v) is 4.90. The van der Waals surface area contributed by atoms with E-state index >= 15 is 0 Å². The Morgan fingerprint density at radius 2 is 2.19 bits per heavy atom. The molecule has 0 unspecified atom stereocenters. The van der Waals surface area contributed by atoms with Gasteiger partial charge in [0.25, 0.3) is 0 Å². The van der Waals surface area contributed by atoms with E-state index in [0.717, 1.165) is 0 Å². The molecule has 0 atom stereocenters. The number of nitrogens with zero attached hydrogens (tertiary/aromatic N) is 1. The second-order valence-corrected chi connectivity index (χ2v) is 3.84. The molecule has 1 aromatic heterocycles. The van der Waals surface area contributed by atoms with Gasteiger partial charge in [-0.25, -0.2) is 4.79 Å². The minimum absolute atomic E-state index is 0.0210. The van der Waals surface area contributed by atoms with Crippen LogP contribution >= 0.6 is 11.6 Å². The maximum absolute atomic E-state index is 11.0. The molecule has 16 heavy (non-hydrogen) atoms. The van der Waals surface area contributed by atoms with Crippen molar-refractivity contribution in [3.05, 3.63) is 34.5 Å². The molecule has 0 spiro atoms. The van der Waals surface area contributed by atoms with Crippen molar-refractivity contribution in [1.82, 2.24) is 4.57 Å². The highest BCUT2D eigenvalue weighted by Crippen LogP contribution is 2.26. The molecule has 2 aromatic rings. The van der Waals surface area contributed by atoms with Gasteiger partial charge in [0.1, 0.15) is 5.69 Å². The number of carboxylic acids is 1. The summed E-state index contributed by atoms with van der Waals surface area (Å²) >= 11 is 5.83. The van der Waals surface area contributed by atoms with Crippen LogP contribution in [-0.2, 0) is 7.05 Å². The van der Waals surface area contributed by atoms with Crippen LogP contribution in [0.1, 0.15) is 20.8 Å². The van der Waals surface area contributed by atoms with E-state index in [1.807, 2.05) is 0 Å². The molecule has 0 aliphatic carbocycles. The number of carbonyl (C=O) groups is 2. The van der Waals surface area contributed by atoms with E-state index in [9.17, 15) is 9.59 Å². The first-order valence-electron chi connectivity index (χ1n) is 4.52. The molecular formula is C11H8ClNO3. The van der Waals surface area contributed by atoms with E-state index in [-0.39, 0.29) is 11.3 Å². The Morgan fingerprint density at radius 1 is 1.50 bits per heavy atom. The largest absolute Gasteiger partial charge is 0.477 e. The van der Waals surface area contributed by atoms with Crippen molar-refractivity contribution in [1.29, 1.82) is 0 Å². The fourth-order valence-electron chi connectivity index (χ4n) is 1.82. The van der Waals surface area contributed by atoms with Crippen LogP contribution < -0.4 is 0 Å². The predicted octanol–water partition coefficient (Wildman–Crippen LogP) is 2.34. The lowest BCUT2D eigenvalue weighted by molar-refractivity contribution is 0.0684. The molecule has 1 heterocycles. The summed E-state index contributed by atoms with van der Waals surface area (Å²) in [5.41, 5.74) is 0.793. The molecule has 1 N–H and O–H groups in total. The number of fused-ring (bicyclic) bond motifs is 1. The third-order valence-electron chi connectivity index (χ3n) is 2.52. The maximum atomic E-state index is 11.0. The highest BCUT2D eigenvalue weighted by atomic mass is 35.5. The number of benzene rings is 1. The summed E-state index contributed by atoms with van der Waals surface area (Å²) in [6.45, 7) is 0. The number of aryl methyl sites for hydroxylation is 1. The van der Waals surface area contributed by atoms with Gasteiger partial charge in [0.15, 0.2) is 6.29 Å². The van der Waals surface area contributed by atoms with Gasteiger partial charge in [-0.15, -0.1) is 0 Å². The van der Waals surface area contributed by atoms with E-state index in [0.29, 0.717) is 22.2 Å². The third-order valence-corrected chi connectivity index (χ3v) is 2.76. The maximum Gasteiger partial charge on any atom is 0.353 e. The lowest BCUT2D eigenvalue weighted by Crippen LogP contribution is -2.06. The van der Waals surface area contributed by atoms with Crippen molar-refractivity contribution in [3.63, 3.8) is 0 Å². The summed E-state index contributed by atoms with van der Waals surface area (Å²) < 4.78 is 1.45. The summed E-state index contributed by atoms with van der Waals surface area (Å²) in [5.74, 6) is -1.13. The first kappa shape index (κ1) is 10.7. The molecule has 0 aliphatic rings. The first-order chi connectivity index (χ1) is 7.56. The zero-order valence-electron chi connectivity index (χ0n) is 8.40. The van der Waals surface area contributed by atoms with Crippen LogP contribution in [0.3, 0.4) is 0 Å². The fraction of sp³-hybridized carbons (Fsp3) is 0.0909. The minimum Gasteiger partial charge on any atom is -0.477 e. The van der Waals surface area contributed by atoms with Gasteiger partial charge >= 0.3 is 5.97 Å². The molecule has 82 valence electrons. The summed E-state index contributed by atoms with van der Waals surface area (Å²) in [5, 5.41) is 10.1. The van der Waals surface area contributed by atoms with E-state index < -0.39 is 5.97 Å². The van der Waals surface area contributed by atoms with Crippen LogP contribution in [-0.4, -0.2) is 21.9 Å². The average Bonchev–Trinajstić information content (AvgIpc) is 2.51. The van der Waals surface area contributed by atoms with Crippen molar-refractivity contribution >= 4 is 34.8 Å². The van der Waals surface area contributed by atoms with Gasteiger partial charge in [0.05, 0.1) is 11.1 Å². The average molecular weight is 238 g/mol. The van der Waals surface area contributed by atoms with Crippen LogP contribution in [0.15, 0.2) is 18.2 Å². The summed E-state index contributed by atoms with van der Waals surface area (Å²) in [4.78, 5) is 22.0. The Kier molecular flexibility index (Phi) is 2.44. The number of hydrogen-bond acceptors (Lipinski definition) is 2. The monoisotopic (exact) mass is 237 g/mol. The summed E-state index contributed by atoms with van der Waals surface area (Å²) in [6, 6.07) is 4.91. The van der Waals surface area contributed by atoms with Crippen LogP contribution in [0.5, 0.6) is 0 Å². The summed E-state index contributed by atoms with van der Waals surface area (Å²) in [7, 11) is 1.59. The molecule has 0 amide bonds. The molecule has 1 aromatic carbocycles. The Bertz CT molecular complexity index is 601. The van der Waals surface area contributed by atoms with Crippen LogP contribution in [0.2, 0.25) is 5.02 Å².